The van der Waals surface area contributed by atoms with E-state index >= 15 is 0 Å². The molecule has 1 aliphatic carbocycles. The Kier molecular flexibility index (Phi) is 9.58. The topological polar surface area (TPSA) is 3.24 Å². The first-order chi connectivity index (χ1) is 32.5. The first-order valence-electron chi connectivity index (χ1n) is 23.0. The molecule has 0 spiro atoms. The number of hydrogen-bond acceptors (Lipinski definition) is 1. The van der Waals surface area contributed by atoms with Crippen molar-refractivity contribution in [3.63, 3.8) is 0 Å². The molecule has 11 aromatic rings. The largest absolute Gasteiger partial charge is 0.309 e. The highest BCUT2D eigenvalue weighted by Crippen LogP contribution is 2.54. The van der Waals surface area contributed by atoms with E-state index in [2.05, 4.69) is 267 Å². The van der Waals surface area contributed by atoms with E-state index in [0.717, 1.165) is 17.1 Å². The maximum atomic E-state index is 2.54. The molecule has 11 aromatic carbocycles. The molecule has 0 heterocycles. The van der Waals surface area contributed by atoms with Gasteiger partial charge in [-0.2, -0.15) is 0 Å². The van der Waals surface area contributed by atoms with Gasteiger partial charge in [-0.25, -0.2) is 0 Å². The van der Waals surface area contributed by atoms with Crippen LogP contribution in [0.1, 0.15) is 25.0 Å². The molecule has 1 aliphatic rings. The van der Waals surface area contributed by atoms with Crippen LogP contribution in [0.5, 0.6) is 0 Å². The predicted octanol–water partition coefficient (Wildman–Crippen LogP) is 18.1. The van der Waals surface area contributed by atoms with Gasteiger partial charge in [0.15, 0.2) is 0 Å². The monoisotopic (exact) mass is 841 g/mol. The summed E-state index contributed by atoms with van der Waals surface area (Å²) in [6.45, 7) is 4.79. The molecule has 0 unspecified atom stereocenters. The van der Waals surface area contributed by atoms with Crippen molar-refractivity contribution < 1.29 is 0 Å². The van der Waals surface area contributed by atoms with Gasteiger partial charge in [0.2, 0.25) is 0 Å². The fourth-order valence-corrected chi connectivity index (χ4v) is 10.5. The van der Waals surface area contributed by atoms with Crippen molar-refractivity contribution in [3.05, 3.63) is 260 Å². The van der Waals surface area contributed by atoms with Gasteiger partial charge in [-0.1, -0.05) is 226 Å². The average molecular weight is 842 g/mol. The zero-order valence-corrected chi connectivity index (χ0v) is 37.1. The molecule has 0 aromatic heterocycles. The fourth-order valence-electron chi connectivity index (χ4n) is 10.5. The zero-order chi connectivity index (χ0) is 44.2. The highest BCUT2D eigenvalue weighted by atomic mass is 15.1. The van der Waals surface area contributed by atoms with Crippen LogP contribution >= 0.6 is 0 Å². The molecule has 1 heteroatoms. The summed E-state index contributed by atoms with van der Waals surface area (Å²) in [4.78, 5) is 2.54. The molecule has 0 atom stereocenters. The van der Waals surface area contributed by atoms with Crippen LogP contribution in [0.15, 0.2) is 249 Å². The molecule has 66 heavy (non-hydrogen) atoms. The minimum atomic E-state index is -0.231. The molecule has 0 saturated carbocycles. The lowest BCUT2D eigenvalue weighted by atomic mass is 9.81. The Bertz CT molecular complexity index is 3570. The molecular formula is C65H47N. The van der Waals surface area contributed by atoms with Crippen LogP contribution in [0, 0.1) is 0 Å². The summed E-state index contributed by atoms with van der Waals surface area (Å²) in [6.07, 6.45) is 0. The Morgan fingerprint density at radius 1 is 0.273 bits per heavy atom. The van der Waals surface area contributed by atoms with Crippen molar-refractivity contribution in [2.45, 2.75) is 19.3 Å². The summed E-state index contributed by atoms with van der Waals surface area (Å²) in [7, 11) is 0. The van der Waals surface area contributed by atoms with Gasteiger partial charge in [0.1, 0.15) is 0 Å². The Morgan fingerprint density at radius 3 is 1.24 bits per heavy atom. The van der Waals surface area contributed by atoms with Crippen molar-refractivity contribution >= 4 is 38.6 Å². The van der Waals surface area contributed by atoms with Gasteiger partial charge in [0.25, 0.3) is 0 Å². The molecule has 0 radical (unpaired) electrons. The van der Waals surface area contributed by atoms with E-state index in [4.69, 9.17) is 0 Å². The Labute approximate surface area is 387 Å². The van der Waals surface area contributed by atoms with E-state index in [1.807, 2.05) is 0 Å². The smallest absolute Gasteiger partial charge is 0.0624 e. The molecule has 312 valence electrons. The van der Waals surface area contributed by atoms with Crippen LogP contribution in [-0.4, -0.2) is 0 Å². The third kappa shape index (κ3) is 6.71. The maximum Gasteiger partial charge on any atom is 0.0624 e. The van der Waals surface area contributed by atoms with Gasteiger partial charge >= 0.3 is 0 Å². The van der Waals surface area contributed by atoms with E-state index in [1.54, 1.807) is 0 Å². The first kappa shape index (κ1) is 39.3. The highest BCUT2D eigenvalue weighted by molar-refractivity contribution is 6.22. The zero-order valence-electron chi connectivity index (χ0n) is 37.1. The second-order valence-corrected chi connectivity index (χ2v) is 18.1. The number of anilines is 3. The standard InChI is InChI=1S/C65H47N/c1-65(2)61-42-51(46-21-10-5-11-22-46)35-39-57(61)58-40-38-54(43-62(58)65)66(53-36-33-49(34-37-53)48-31-29-47(30-32-48)44-17-6-3-7-18-44)64-60-28-15-13-26-56(60)55-25-12-14-27-59(55)63(64)52-24-16-23-50(41-52)45-19-8-4-9-20-45/h3-43H,1-2H3. The van der Waals surface area contributed by atoms with Crippen LogP contribution in [0.25, 0.3) is 88.3 Å². The predicted molar refractivity (Wildman–Crippen MR) is 281 cm³/mol. The maximum absolute atomic E-state index is 2.54. The Hall–Kier alpha value is -8.26. The lowest BCUT2D eigenvalue weighted by Crippen LogP contribution is -2.17. The Morgan fingerprint density at radius 2 is 0.652 bits per heavy atom. The van der Waals surface area contributed by atoms with Gasteiger partial charge in [0.05, 0.1) is 5.69 Å². The van der Waals surface area contributed by atoms with E-state index < -0.39 is 0 Å². The summed E-state index contributed by atoms with van der Waals surface area (Å²) < 4.78 is 0. The fraction of sp³-hybridized carbons (Fsp3) is 0.0462. The van der Waals surface area contributed by atoms with Crippen molar-refractivity contribution in [1.82, 2.24) is 0 Å². The van der Waals surface area contributed by atoms with Gasteiger partial charge < -0.3 is 4.90 Å². The lowest BCUT2D eigenvalue weighted by Gasteiger charge is -2.32. The number of rotatable bonds is 8. The molecule has 1 nitrogen and oxygen atoms in total. The minimum absolute atomic E-state index is 0.231. The third-order valence-corrected chi connectivity index (χ3v) is 13.9. The molecule has 12 rings (SSSR count). The van der Waals surface area contributed by atoms with Gasteiger partial charge in [0, 0.05) is 27.7 Å². The summed E-state index contributed by atoms with van der Waals surface area (Å²) in [5.74, 6) is 0. The number of fused-ring (bicyclic) bond motifs is 6. The third-order valence-electron chi connectivity index (χ3n) is 13.9. The summed E-state index contributed by atoms with van der Waals surface area (Å²) >= 11 is 0. The summed E-state index contributed by atoms with van der Waals surface area (Å²) in [5.41, 5.74) is 20.5. The number of benzene rings is 11. The van der Waals surface area contributed by atoms with E-state index in [1.165, 1.54) is 99.4 Å². The van der Waals surface area contributed by atoms with Crippen molar-refractivity contribution in [3.8, 4) is 66.8 Å². The molecule has 0 N–H and O–H groups in total. The van der Waals surface area contributed by atoms with Crippen LogP contribution in [0.4, 0.5) is 17.1 Å². The van der Waals surface area contributed by atoms with Crippen LogP contribution < -0.4 is 4.90 Å². The van der Waals surface area contributed by atoms with Gasteiger partial charge in [-0.05, 0) is 125 Å². The average Bonchev–Trinajstić information content (AvgIpc) is 3.62. The molecule has 0 amide bonds. The van der Waals surface area contributed by atoms with E-state index in [0.29, 0.717) is 0 Å². The molecule has 0 aliphatic heterocycles. The van der Waals surface area contributed by atoms with Crippen LogP contribution in [0.3, 0.4) is 0 Å². The van der Waals surface area contributed by atoms with Crippen molar-refractivity contribution in [2.75, 3.05) is 4.90 Å². The highest BCUT2D eigenvalue weighted by Gasteiger charge is 2.37. The van der Waals surface area contributed by atoms with Crippen molar-refractivity contribution in [2.24, 2.45) is 0 Å². The molecule has 0 saturated heterocycles. The Balaban J connectivity index is 1.08. The van der Waals surface area contributed by atoms with Gasteiger partial charge in [-0.3, -0.25) is 0 Å². The SMILES string of the molecule is CC1(C)c2cc(-c3ccccc3)ccc2-c2ccc(N(c3ccc(-c4ccc(-c5ccccc5)cc4)cc3)c3c(-c4cccc(-c5ccccc5)c4)c4ccccc4c4ccccc34)cc21. The minimum Gasteiger partial charge on any atom is -0.309 e. The number of nitrogens with zero attached hydrogens (tertiary/aromatic N) is 1. The second kappa shape index (κ2) is 16.1. The first-order valence-corrected chi connectivity index (χ1v) is 23.0. The molecular weight excluding hydrogens is 795 g/mol. The van der Waals surface area contributed by atoms with Crippen molar-refractivity contribution in [1.29, 1.82) is 0 Å². The van der Waals surface area contributed by atoms with Crippen LogP contribution in [0.2, 0.25) is 0 Å². The molecule has 0 bridgehead atoms. The van der Waals surface area contributed by atoms with Gasteiger partial charge in [-0.15, -0.1) is 0 Å². The summed E-state index contributed by atoms with van der Waals surface area (Å²) in [5, 5.41) is 4.89. The van der Waals surface area contributed by atoms with E-state index in [-0.39, 0.29) is 5.41 Å². The lowest BCUT2D eigenvalue weighted by molar-refractivity contribution is 0.660. The summed E-state index contributed by atoms with van der Waals surface area (Å²) in [6, 6.07) is 91.5. The quantitative estimate of drug-likeness (QED) is 0.138. The number of hydrogen-bond donors (Lipinski definition) is 0. The normalized spacial score (nSPS) is 12.5. The molecule has 0 fully saturated rings. The van der Waals surface area contributed by atoms with E-state index in [9.17, 15) is 0 Å². The second-order valence-electron chi connectivity index (χ2n) is 18.1. The van der Waals surface area contributed by atoms with Crippen LogP contribution in [-0.2, 0) is 5.41 Å².